The molecule has 0 radical (unpaired) electrons. The van der Waals surface area contributed by atoms with Crippen LogP contribution in [0.5, 0.6) is 0 Å². The molecule has 1 rings (SSSR count). The summed E-state index contributed by atoms with van der Waals surface area (Å²) in [6.45, 7) is 7.99. The molecule has 1 aromatic carbocycles. The van der Waals surface area contributed by atoms with Crippen molar-refractivity contribution in [3.8, 4) is 0 Å². The number of carbonyl (C=O) groups is 1. The fourth-order valence-electron chi connectivity index (χ4n) is 1.86. The number of nitrogens with one attached hydrogen (secondary N) is 2. The van der Waals surface area contributed by atoms with Gasteiger partial charge in [-0.25, -0.2) is 0 Å². The highest BCUT2D eigenvalue weighted by molar-refractivity contribution is 5.50. The second-order valence-electron chi connectivity index (χ2n) is 4.96. The lowest BCUT2D eigenvalue weighted by atomic mass is 9.98. The summed E-state index contributed by atoms with van der Waals surface area (Å²) < 4.78 is 0. The summed E-state index contributed by atoms with van der Waals surface area (Å²) in [5, 5.41) is 15.9. The van der Waals surface area contributed by atoms with Crippen LogP contribution in [0.25, 0.3) is 0 Å². The summed E-state index contributed by atoms with van der Waals surface area (Å²) in [6.07, 6.45) is 3.19. The largest absolute Gasteiger partial charge is 0.387 e. The Hall–Kier alpha value is -1.91. The Morgan fingerprint density at radius 3 is 2.36 bits per heavy atom. The van der Waals surface area contributed by atoms with Gasteiger partial charge in [0, 0.05) is 24.6 Å². The second-order valence-corrected chi connectivity index (χ2v) is 4.96. The van der Waals surface area contributed by atoms with E-state index in [1.54, 1.807) is 6.08 Å². The fraction of sp³-hybridized carbons (Fsp3) is 0.389. The molecule has 3 N–H and O–H groups in total. The first-order chi connectivity index (χ1) is 10.6. The maximum atomic E-state index is 10.6. The van der Waals surface area contributed by atoms with E-state index in [0.717, 1.165) is 17.5 Å². The molecule has 0 aliphatic heterocycles. The summed E-state index contributed by atoms with van der Waals surface area (Å²) in [7, 11) is 3.75. The van der Waals surface area contributed by atoms with Crippen molar-refractivity contribution in [1.82, 2.24) is 10.6 Å². The SMILES string of the molecule is C=CCC(CC=O)C(=C)NCC(O)c1ccccc1.CNC. The normalized spacial score (nSPS) is 12.3. The predicted octanol–water partition coefficient (Wildman–Crippen LogP) is 2.44. The molecule has 0 saturated carbocycles. The molecule has 0 saturated heterocycles. The van der Waals surface area contributed by atoms with Crippen LogP contribution in [-0.2, 0) is 4.79 Å². The lowest BCUT2D eigenvalue weighted by molar-refractivity contribution is -0.108. The first-order valence-corrected chi connectivity index (χ1v) is 7.39. The third-order valence-corrected chi connectivity index (χ3v) is 3.03. The van der Waals surface area contributed by atoms with E-state index < -0.39 is 6.10 Å². The zero-order valence-corrected chi connectivity index (χ0v) is 13.6. The maximum absolute atomic E-state index is 10.6. The van der Waals surface area contributed by atoms with E-state index >= 15 is 0 Å². The van der Waals surface area contributed by atoms with Gasteiger partial charge in [-0.05, 0) is 26.1 Å². The molecule has 0 aromatic heterocycles. The highest BCUT2D eigenvalue weighted by atomic mass is 16.3. The van der Waals surface area contributed by atoms with Crippen LogP contribution in [0.15, 0.2) is 55.3 Å². The molecule has 0 amide bonds. The Bertz CT molecular complexity index is 422. The number of carbonyl (C=O) groups excluding carboxylic acids is 1. The third kappa shape index (κ3) is 8.39. The smallest absolute Gasteiger partial charge is 0.120 e. The Kier molecular flexibility index (Phi) is 11.7. The van der Waals surface area contributed by atoms with Crippen molar-refractivity contribution in [3.63, 3.8) is 0 Å². The molecule has 0 bridgehead atoms. The van der Waals surface area contributed by atoms with Crippen molar-refractivity contribution in [2.45, 2.75) is 18.9 Å². The van der Waals surface area contributed by atoms with Crippen LogP contribution in [0.1, 0.15) is 24.5 Å². The van der Waals surface area contributed by atoms with Gasteiger partial charge in [0.2, 0.25) is 0 Å². The van der Waals surface area contributed by atoms with Crippen molar-refractivity contribution in [2.75, 3.05) is 20.6 Å². The first kappa shape index (κ1) is 20.1. The molecular formula is C18H28N2O2. The Labute approximate surface area is 133 Å². The number of allylic oxidation sites excluding steroid dienone is 2. The molecular weight excluding hydrogens is 276 g/mol. The van der Waals surface area contributed by atoms with Crippen LogP contribution in [0.3, 0.4) is 0 Å². The van der Waals surface area contributed by atoms with Gasteiger partial charge in [-0.2, -0.15) is 0 Å². The van der Waals surface area contributed by atoms with E-state index in [2.05, 4.69) is 23.8 Å². The second kappa shape index (κ2) is 12.8. The molecule has 0 heterocycles. The highest BCUT2D eigenvalue weighted by Gasteiger charge is 2.12. The molecule has 4 heteroatoms. The monoisotopic (exact) mass is 304 g/mol. The van der Waals surface area contributed by atoms with E-state index in [0.29, 0.717) is 19.4 Å². The van der Waals surface area contributed by atoms with Gasteiger partial charge in [-0.1, -0.05) is 43.0 Å². The van der Waals surface area contributed by atoms with Crippen molar-refractivity contribution in [2.24, 2.45) is 5.92 Å². The first-order valence-electron chi connectivity index (χ1n) is 7.39. The molecule has 2 atom stereocenters. The summed E-state index contributed by atoms with van der Waals surface area (Å²) >= 11 is 0. The summed E-state index contributed by atoms with van der Waals surface area (Å²) in [5.74, 6) is 0.0398. The average molecular weight is 304 g/mol. The van der Waals surface area contributed by atoms with Gasteiger partial charge in [-0.15, -0.1) is 6.58 Å². The molecule has 22 heavy (non-hydrogen) atoms. The van der Waals surface area contributed by atoms with E-state index in [1.807, 2.05) is 44.4 Å². The molecule has 4 nitrogen and oxygen atoms in total. The topological polar surface area (TPSA) is 61.4 Å². The van der Waals surface area contributed by atoms with Crippen molar-refractivity contribution in [1.29, 1.82) is 0 Å². The van der Waals surface area contributed by atoms with Crippen LogP contribution in [0.4, 0.5) is 0 Å². The van der Waals surface area contributed by atoms with Crippen molar-refractivity contribution in [3.05, 3.63) is 60.8 Å². The van der Waals surface area contributed by atoms with Gasteiger partial charge in [0.05, 0.1) is 6.10 Å². The lowest BCUT2D eigenvalue weighted by Gasteiger charge is -2.20. The molecule has 0 aliphatic rings. The predicted molar refractivity (Wildman–Crippen MR) is 92.5 cm³/mol. The summed E-state index contributed by atoms with van der Waals surface area (Å²) in [6, 6.07) is 9.44. The molecule has 2 unspecified atom stereocenters. The molecule has 122 valence electrons. The van der Waals surface area contributed by atoms with Crippen LogP contribution in [0, 0.1) is 5.92 Å². The van der Waals surface area contributed by atoms with Crippen LogP contribution < -0.4 is 10.6 Å². The Balaban J connectivity index is 0.00000135. The van der Waals surface area contributed by atoms with E-state index in [4.69, 9.17) is 0 Å². The number of aliphatic hydroxyl groups excluding tert-OH is 1. The van der Waals surface area contributed by atoms with Crippen LogP contribution in [-0.4, -0.2) is 32.0 Å². The van der Waals surface area contributed by atoms with Gasteiger partial charge in [-0.3, -0.25) is 0 Å². The van der Waals surface area contributed by atoms with Gasteiger partial charge in [0.1, 0.15) is 6.29 Å². The fourth-order valence-corrected chi connectivity index (χ4v) is 1.86. The zero-order chi connectivity index (χ0) is 16.8. The van der Waals surface area contributed by atoms with Gasteiger partial charge in [0.15, 0.2) is 0 Å². The Morgan fingerprint density at radius 1 is 1.27 bits per heavy atom. The van der Waals surface area contributed by atoms with Crippen LogP contribution >= 0.6 is 0 Å². The molecule has 0 fully saturated rings. The lowest BCUT2D eigenvalue weighted by Crippen LogP contribution is -2.25. The van der Waals surface area contributed by atoms with E-state index in [1.165, 1.54) is 0 Å². The molecule has 0 aliphatic carbocycles. The van der Waals surface area contributed by atoms with Crippen molar-refractivity contribution < 1.29 is 9.90 Å². The van der Waals surface area contributed by atoms with Gasteiger partial charge < -0.3 is 20.5 Å². The average Bonchev–Trinajstić information content (AvgIpc) is 2.53. The van der Waals surface area contributed by atoms with Crippen molar-refractivity contribution >= 4 is 6.29 Å². The standard InChI is InChI=1S/C16H21NO2.C2H7N/c1-3-7-14(10-11-18)13(2)17-12-16(19)15-8-5-4-6-9-15;1-3-2/h3-6,8-9,11,14,16-17,19H,1-2,7,10,12H2;3H,1-2H3. The number of hydrogen-bond donors (Lipinski definition) is 3. The number of benzene rings is 1. The number of aliphatic hydroxyl groups is 1. The summed E-state index contributed by atoms with van der Waals surface area (Å²) in [5.41, 5.74) is 1.63. The van der Waals surface area contributed by atoms with E-state index in [9.17, 15) is 9.90 Å². The Morgan fingerprint density at radius 2 is 1.86 bits per heavy atom. The summed E-state index contributed by atoms with van der Waals surface area (Å²) in [4.78, 5) is 10.6. The zero-order valence-electron chi connectivity index (χ0n) is 13.6. The number of aldehydes is 1. The van der Waals surface area contributed by atoms with Crippen LogP contribution in [0.2, 0.25) is 0 Å². The minimum atomic E-state index is -0.585. The number of hydrogen-bond acceptors (Lipinski definition) is 4. The minimum absolute atomic E-state index is 0.0398. The quantitative estimate of drug-likeness (QED) is 0.484. The molecule has 0 spiro atoms. The molecule has 1 aromatic rings. The number of rotatable bonds is 9. The van der Waals surface area contributed by atoms with Gasteiger partial charge in [0.25, 0.3) is 0 Å². The highest BCUT2D eigenvalue weighted by Crippen LogP contribution is 2.17. The van der Waals surface area contributed by atoms with Gasteiger partial charge >= 0.3 is 0 Å². The van der Waals surface area contributed by atoms with E-state index in [-0.39, 0.29) is 5.92 Å². The minimum Gasteiger partial charge on any atom is -0.387 e. The maximum Gasteiger partial charge on any atom is 0.120 e. The third-order valence-electron chi connectivity index (χ3n) is 3.03.